The molecule has 0 amide bonds. The Kier molecular flexibility index (Phi) is 2.34. The Morgan fingerprint density at radius 3 is 2.56 bits per heavy atom. The molecule has 1 heterocycles. The summed E-state index contributed by atoms with van der Waals surface area (Å²) in [4.78, 5) is 3.98. The number of rotatable bonds is 0. The van der Waals surface area contributed by atoms with E-state index >= 15 is 0 Å². The second-order valence-electron chi connectivity index (χ2n) is 4.93. The lowest BCUT2D eigenvalue weighted by Crippen LogP contribution is -2.14. The Balaban J connectivity index is 2.85. The molecule has 0 unspecified atom stereocenters. The van der Waals surface area contributed by atoms with Gasteiger partial charge in [-0.25, -0.2) is 4.39 Å². The van der Waals surface area contributed by atoms with Crippen LogP contribution in [0.2, 0.25) is 0 Å². The second kappa shape index (κ2) is 3.44. The molecule has 1 aromatic carbocycles. The van der Waals surface area contributed by atoms with Gasteiger partial charge in [-0.05, 0) is 17.5 Å². The zero-order valence-electron chi connectivity index (χ0n) is 9.58. The molecule has 84 valence electrons. The maximum atomic E-state index is 13.8. The minimum atomic E-state index is -0.300. The fraction of sp³-hybridized carbons (Fsp3) is 0.308. The minimum absolute atomic E-state index is 0.145. The van der Waals surface area contributed by atoms with Crippen molar-refractivity contribution < 1.29 is 9.50 Å². The van der Waals surface area contributed by atoms with E-state index in [0.717, 1.165) is 5.39 Å². The molecule has 2 rings (SSSR count). The van der Waals surface area contributed by atoms with Crippen molar-refractivity contribution >= 4 is 10.9 Å². The first-order valence-electron chi connectivity index (χ1n) is 5.17. The molecule has 16 heavy (non-hydrogen) atoms. The van der Waals surface area contributed by atoms with Crippen molar-refractivity contribution in [1.29, 1.82) is 0 Å². The molecule has 0 aliphatic carbocycles. The summed E-state index contributed by atoms with van der Waals surface area (Å²) >= 11 is 0. The summed E-state index contributed by atoms with van der Waals surface area (Å²) in [5.74, 6) is -0.155. The standard InChI is InChI=1S/C13H14FNO/c1-13(2,3)12-9-5-4-8(16)6-11(9)15-7-10(12)14/h4-7,16H,1-3H3. The van der Waals surface area contributed by atoms with Crippen LogP contribution in [0, 0.1) is 5.82 Å². The monoisotopic (exact) mass is 219 g/mol. The zero-order valence-corrected chi connectivity index (χ0v) is 9.58. The summed E-state index contributed by atoms with van der Waals surface area (Å²) < 4.78 is 13.8. The van der Waals surface area contributed by atoms with Gasteiger partial charge in [-0.1, -0.05) is 20.8 Å². The van der Waals surface area contributed by atoms with Gasteiger partial charge in [-0.2, -0.15) is 0 Å². The number of pyridine rings is 1. The van der Waals surface area contributed by atoms with Crippen molar-refractivity contribution in [2.45, 2.75) is 26.2 Å². The highest BCUT2D eigenvalue weighted by atomic mass is 19.1. The molecule has 0 radical (unpaired) electrons. The van der Waals surface area contributed by atoms with E-state index in [-0.39, 0.29) is 17.0 Å². The van der Waals surface area contributed by atoms with Gasteiger partial charge in [0.15, 0.2) is 0 Å². The van der Waals surface area contributed by atoms with Gasteiger partial charge in [0.2, 0.25) is 0 Å². The lowest BCUT2D eigenvalue weighted by atomic mass is 9.84. The number of fused-ring (bicyclic) bond motifs is 1. The molecular weight excluding hydrogens is 205 g/mol. The van der Waals surface area contributed by atoms with Crippen LogP contribution >= 0.6 is 0 Å². The fourth-order valence-electron chi connectivity index (χ4n) is 1.92. The molecule has 3 heteroatoms. The highest BCUT2D eigenvalue weighted by molar-refractivity contribution is 5.84. The maximum Gasteiger partial charge on any atom is 0.145 e. The average Bonchev–Trinajstić information content (AvgIpc) is 2.16. The largest absolute Gasteiger partial charge is 0.508 e. The molecule has 2 aromatic rings. The van der Waals surface area contributed by atoms with Crippen molar-refractivity contribution in [2.75, 3.05) is 0 Å². The van der Waals surface area contributed by atoms with E-state index in [0.29, 0.717) is 11.1 Å². The number of hydrogen-bond acceptors (Lipinski definition) is 2. The minimum Gasteiger partial charge on any atom is -0.508 e. The van der Waals surface area contributed by atoms with Crippen LogP contribution in [0.5, 0.6) is 5.75 Å². The number of aromatic hydroxyl groups is 1. The molecule has 0 bridgehead atoms. The number of nitrogens with zero attached hydrogens (tertiary/aromatic N) is 1. The Hall–Kier alpha value is -1.64. The van der Waals surface area contributed by atoms with Crippen molar-refractivity contribution in [2.24, 2.45) is 0 Å². The molecule has 1 aromatic heterocycles. The summed E-state index contributed by atoms with van der Waals surface area (Å²) in [6, 6.07) is 4.81. The third-order valence-electron chi connectivity index (χ3n) is 2.56. The summed E-state index contributed by atoms with van der Waals surface area (Å²) in [6.07, 6.45) is 1.21. The van der Waals surface area contributed by atoms with E-state index < -0.39 is 0 Å². The molecule has 1 N–H and O–H groups in total. The summed E-state index contributed by atoms with van der Waals surface area (Å²) in [5.41, 5.74) is 0.964. The molecule has 0 saturated carbocycles. The van der Waals surface area contributed by atoms with Crippen LogP contribution in [0.25, 0.3) is 10.9 Å². The highest BCUT2D eigenvalue weighted by Gasteiger charge is 2.21. The first kappa shape index (κ1) is 10.9. The Morgan fingerprint density at radius 2 is 1.94 bits per heavy atom. The molecule has 0 fully saturated rings. The SMILES string of the molecule is CC(C)(C)c1c(F)cnc2cc(O)ccc12. The second-order valence-corrected chi connectivity index (χ2v) is 4.93. The topological polar surface area (TPSA) is 33.1 Å². The van der Waals surface area contributed by atoms with Gasteiger partial charge >= 0.3 is 0 Å². The summed E-state index contributed by atoms with van der Waals surface area (Å²) in [7, 11) is 0. The number of aromatic nitrogens is 1. The number of halogens is 1. The number of hydrogen-bond donors (Lipinski definition) is 1. The highest BCUT2D eigenvalue weighted by Crippen LogP contribution is 2.32. The summed E-state index contributed by atoms with van der Waals surface area (Å²) in [5, 5.41) is 10.1. The number of benzene rings is 1. The van der Waals surface area contributed by atoms with E-state index in [9.17, 15) is 9.50 Å². The normalized spacial score (nSPS) is 12.0. The molecule has 0 atom stereocenters. The van der Waals surface area contributed by atoms with Crippen LogP contribution in [0.15, 0.2) is 24.4 Å². The molecule has 0 aliphatic rings. The van der Waals surface area contributed by atoms with E-state index in [4.69, 9.17) is 0 Å². The van der Waals surface area contributed by atoms with E-state index in [1.165, 1.54) is 6.20 Å². The predicted octanol–water partition coefficient (Wildman–Crippen LogP) is 3.38. The Morgan fingerprint density at radius 1 is 1.25 bits per heavy atom. The Bertz CT molecular complexity index is 543. The number of phenols is 1. The van der Waals surface area contributed by atoms with Crippen molar-refractivity contribution in [3.8, 4) is 5.75 Å². The van der Waals surface area contributed by atoms with Gasteiger partial charge in [0.25, 0.3) is 0 Å². The smallest absolute Gasteiger partial charge is 0.145 e. The van der Waals surface area contributed by atoms with Crippen molar-refractivity contribution in [3.63, 3.8) is 0 Å². The van der Waals surface area contributed by atoms with Crippen LogP contribution in [0.1, 0.15) is 26.3 Å². The summed E-state index contributed by atoms with van der Waals surface area (Å²) in [6.45, 7) is 5.87. The lowest BCUT2D eigenvalue weighted by Gasteiger charge is -2.21. The number of phenolic OH excluding ortho intramolecular Hbond substituents is 1. The predicted molar refractivity (Wildman–Crippen MR) is 62.1 cm³/mol. The third-order valence-corrected chi connectivity index (χ3v) is 2.56. The van der Waals surface area contributed by atoms with Gasteiger partial charge < -0.3 is 5.11 Å². The van der Waals surface area contributed by atoms with Crippen LogP contribution in [0.3, 0.4) is 0 Å². The average molecular weight is 219 g/mol. The van der Waals surface area contributed by atoms with E-state index in [2.05, 4.69) is 4.98 Å². The van der Waals surface area contributed by atoms with Crippen LogP contribution in [0.4, 0.5) is 4.39 Å². The zero-order chi connectivity index (χ0) is 11.9. The Labute approximate surface area is 93.8 Å². The van der Waals surface area contributed by atoms with Gasteiger partial charge in [0, 0.05) is 17.0 Å². The van der Waals surface area contributed by atoms with Gasteiger partial charge in [0.1, 0.15) is 11.6 Å². The molecular formula is C13H14FNO. The van der Waals surface area contributed by atoms with E-state index in [1.807, 2.05) is 20.8 Å². The molecule has 0 saturated heterocycles. The van der Waals surface area contributed by atoms with Crippen LogP contribution < -0.4 is 0 Å². The first-order chi connectivity index (χ1) is 7.39. The first-order valence-corrected chi connectivity index (χ1v) is 5.17. The molecule has 0 spiro atoms. The van der Waals surface area contributed by atoms with Gasteiger partial charge in [-0.15, -0.1) is 0 Å². The third kappa shape index (κ3) is 1.73. The van der Waals surface area contributed by atoms with Crippen molar-refractivity contribution in [1.82, 2.24) is 4.98 Å². The van der Waals surface area contributed by atoms with Crippen LogP contribution in [-0.4, -0.2) is 10.1 Å². The fourth-order valence-corrected chi connectivity index (χ4v) is 1.92. The molecule has 2 nitrogen and oxygen atoms in total. The van der Waals surface area contributed by atoms with Crippen molar-refractivity contribution in [3.05, 3.63) is 35.8 Å². The molecule has 0 aliphatic heterocycles. The van der Waals surface area contributed by atoms with E-state index in [1.54, 1.807) is 18.2 Å². The van der Waals surface area contributed by atoms with Gasteiger partial charge in [-0.3, -0.25) is 4.98 Å². The quantitative estimate of drug-likeness (QED) is 0.736. The maximum absolute atomic E-state index is 13.8. The lowest BCUT2D eigenvalue weighted by molar-refractivity contribution is 0.475. The van der Waals surface area contributed by atoms with Gasteiger partial charge in [0.05, 0.1) is 11.7 Å². The van der Waals surface area contributed by atoms with Crippen LogP contribution in [-0.2, 0) is 5.41 Å².